The van der Waals surface area contributed by atoms with Crippen LogP contribution < -0.4 is 9.80 Å². The summed E-state index contributed by atoms with van der Waals surface area (Å²) in [5, 5.41) is 0.965. The van der Waals surface area contributed by atoms with Gasteiger partial charge in [-0.3, -0.25) is 4.79 Å². The molecule has 0 N–H and O–H groups in total. The van der Waals surface area contributed by atoms with E-state index in [0.717, 1.165) is 45.3 Å². The summed E-state index contributed by atoms with van der Waals surface area (Å²) in [6, 6.07) is 19.0. The van der Waals surface area contributed by atoms with Crippen LogP contribution in [-0.2, 0) is 0 Å². The van der Waals surface area contributed by atoms with Crippen LogP contribution in [0.5, 0.6) is 0 Å². The molecule has 2 aromatic carbocycles. The number of hydrogen-bond acceptors (Lipinski definition) is 6. The number of amides is 1. The Morgan fingerprint density at radius 3 is 2.25 bits per heavy atom. The standard InChI is InChI=1S/C29H33N5OS/c1-19(2)22-11-13-23(14-12-22)32(5)27-25-20(3)26(36-28(25)31-21(4)30-27)29(35)34-17-15-33(16-18-34)24-9-7-6-8-10-24/h6-14,19H,15-18H2,1-5H3. The molecule has 0 spiro atoms. The Balaban J connectivity index is 1.42. The molecule has 1 amide bonds. The number of thiophene rings is 1. The minimum Gasteiger partial charge on any atom is -0.368 e. The molecule has 1 aliphatic heterocycles. The number of carbonyl (C=O) groups excluding carboxylic acids is 1. The lowest BCUT2D eigenvalue weighted by Crippen LogP contribution is -2.48. The van der Waals surface area contributed by atoms with Gasteiger partial charge in [0.2, 0.25) is 0 Å². The number of aromatic nitrogens is 2. The molecule has 6 nitrogen and oxygen atoms in total. The van der Waals surface area contributed by atoms with E-state index in [1.54, 1.807) is 0 Å². The predicted octanol–water partition coefficient (Wildman–Crippen LogP) is 6.16. The molecule has 1 saturated heterocycles. The van der Waals surface area contributed by atoms with Crippen LogP contribution in [0.3, 0.4) is 0 Å². The van der Waals surface area contributed by atoms with Gasteiger partial charge in [-0.2, -0.15) is 0 Å². The Labute approximate surface area is 217 Å². The van der Waals surface area contributed by atoms with Crippen molar-refractivity contribution in [1.29, 1.82) is 0 Å². The molecular formula is C29H33N5OS. The predicted molar refractivity (Wildman–Crippen MR) is 150 cm³/mol. The first kappa shape index (κ1) is 24.3. The molecule has 1 fully saturated rings. The molecule has 0 bridgehead atoms. The highest BCUT2D eigenvalue weighted by molar-refractivity contribution is 7.20. The monoisotopic (exact) mass is 499 g/mol. The number of aryl methyl sites for hydroxylation is 2. The number of fused-ring (bicyclic) bond motifs is 1. The van der Waals surface area contributed by atoms with Crippen LogP contribution >= 0.6 is 11.3 Å². The molecule has 0 aliphatic carbocycles. The number of para-hydroxylation sites is 1. The zero-order valence-electron chi connectivity index (χ0n) is 21.7. The summed E-state index contributed by atoms with van der Waals surface area (Å²) in [7, 11) is 2.03. The fourth-order valence-electron chi connectivity index (χ4n) is 4.82. The lowest BCUT2D eigenvalue weighted by Gasteiger charge is -2.36. The summed E-state index contributed by atoms with van der Waals surface area (Å²) in [4.78, 5) is 31.2. The van der Waals surface area contributed by atoms with Gasteiger partial charge in [0.1, 0.15) is 16.5 Å². The normalized spacial score (nSPS) is 14.1. The molecule has 3 heterocycles. The van der Waals surface area contributed by atoms with E-state index >= 15 is 0 Å². The minimum absolute atomic E-state index is 0.0933. The number of hydrogen-bond donors (Lipinski definition) is 0. The zero-order valence-corrected chi connectivity index (χ0v) is 22.5. The Bertz CT molecular complexity index is 1370. The minimum atomic E-state index is 0.0933. The van der Waals surface area contributed by atoms with Crippen molar-refractivity contribution >= 4 is 44.7 Å². The summed E-state index contributed by atoms with van der Waals surface area (Å²) in [6.07, 6.45) is 0. The second kappa shape index (κ2) is 9.90. The third kappa shape index (κ3) is 4.55. The Morgan fingerprint density at radius 1 is 0.944 bits per heavy atom. The summed E-state index contributed by atoms with van der Waals surface area (Å²) in [5.74, 6) is 2.13. The van der Waals surface area contributed by atoms with Crippen molar-refractivity contribution in [3.05, 3.63) is 76.4 Å². The van der Waals surface area contributed by atoms with E-state index in [0.29, 0.717) is 24.8 Å². The van der Waals surface area contributed by atoms with Gasteiger partial charge in [-0.05, 0) is 55.2 Å². The van der Waals surface area contributed by atoms with E-state index in [9.17, 15) is 4.79 Å². The van der Waals surface area contributed by atoms with Gasteiger partial charge in [0, 0.05) is 44.6 Å². The lowest BCUT2D eigenvalue weighted by molar-refractivity contribution is 0.0751. The molecule has 7 heteroatoms. The number of carbonyl (C=O) groups is 1. The fourth-order valence-corrected chi connectivity index (χ4v) is 6.01. The van der Waals surface area contributed by atoms with E-state index in [-0.39, 0.29) is 5.91 Å². The maximum atomic E-state index is 13.6. The maximum Gasteiger partial charge on any atom is 0.264 e. The highest BCUT2D eigenvalue weighted by atomic mass is 32.1. The van der Waals surface area contributed by atoms with E-state index in [1.165, 1.54) is 22.6 Å². The number of benzene rings is 2. The molecule has 36 heavy (non-hydrogen) atoms. The molecule has 1 aliphatic rings. The average molecular weight is 500 g/mol. The third-order valence-electron chi connectivity index (χ3n) is 7.03. The lowest BCUT2D eigenvalue weighted by atomic mass is 10.0. The maximum absolute atomic E-state index is 13.6. The van der Waals surface area contributed by atoms with Gasteiger partial charge in [0.25, 0.3) is 5.91 Å². The molecule has 4 aromatic rings. The van der Waals surface area contributed by atoms with E-state index in [1.807, 2.05) is 31.9 Å². The van der Waals surface area contributed by atoms with Crippen LogP contribution in [0.2, 0.25) is 0 Å². The average Bonchev–Trinajstić information content (AvgIpc) is 3.23. The Morgan fingerprint density at radius 2 is 1.61 bits per heavy atom. The molecule has 0 atom stereocenters. The van der Waals surface area contributed by atoms with Crippen molar-refractivity contribution in [1.82, 2.24) is 14.9 Å². The highest BCUT2D eigenvalue weighted by Gasteiger charge is 2.27. The smallest absolute Gasteiger partial charge is 0.264 e. The number of nitrogens with zero attached hydrogens (tertiary/aromatic N) is 5. The number of piperazine rings is 1. The van der Waals surface area contributed by atoms with E-state index < -0.39 is 0 Å². The summed E-state index contributed by atoms with van der Waals surface area (Å²) < 4.78 is 0. The first-order valence-corrected chi connectivity index (χ1v) is 13.4. The highest BCUT2D eigenvalue weighted by Crippen LogP contribution is 2.38. The van der Waals surface area contributed by atoms with Crippen molar-refractivity contribution in [2.24, 2.45) is 0 Å². The summed E-state index contributed by atoms with van der Waals surface area (Å²) >= 11 is 1.49. The van der Waals surface area contributed by atoms with Gasteiger partial charge in [-0.25, -0.2) is 9.97 Å². The van der Waals surface area contributed by atoms with Crippen LogP contribution in [-0.4, -0.2) is 54.0 Å². The van der Waals surface area contributed by atoms with Crippen molar-refractivity contribution < 1.29 is 4.79 Å². The van der Waals surface area contributed by atoms with Gasteiger partial charge in [0.15, 0.2) is 0 Å². The van der Waals surface area contributed by atoms with Crippen LogP contribution in [0.15, 0.2) is 54.6 Å². The molecule has 5 rings (SSSR count). The SMILES string of the molecule is Cc1nc(N(C)c2ccc(C(C)C)cc2)c2c(C)c(C(=O)N3CCN(c4ccccc4)CC3)sc2n1. The van der Waals surface area contributed by atoms with E-state index in [4.69, 9.17) is 9.97 Å². The van der Waals surface area contributed by atoms with Gasteiger partial charge < -0.3 is 14.7 Å². The first-order chi connectivity index (χ1) is 17.3. The summed E-state index contributed by atoms with van der Waals surface area (Å²) in [5.41, 5.74) is 4.55. The molecular weight excluding hydrogens is 466 g/mol. The second-order valence-corrected chi connectivity index (χ2v) is 10.7. The van der Waals surface area contributed by atoms with Crippen LogP contribution in [0, 0.1) is 13.8 Å². The van der Waals surface area contributed by atoms with Crippen molar-refractivity contribution in [2.45, 2.75) is 33.6 Å². The molecule has 0 saturated carbocycles. The first-order valence-electron chi connectivity index (χ1n) is 12.5. The zero-order chi connectivity index (χ0) is 25.4. The van der Waals surface area contributed by atoms with Crippen LogP contribution in [0.4, 0.5) is 17.2 Å². The van der Waals surface area contributed by atoms with Crippen molar-refractivity contribution in [3.63, 3.8) is 0 Å². The molecule has 186 valence electrons. The number of anilines is 3. The second-order valence-electron chi connectivity index (χ2n) is 9.75. The topological polar surface area (TPSA) is 52.6 Å². The summed E-state index contributed by atoms with van der Waals surface area (Å²) in [6.45, 7) is 11.4. The van der Waals surface area contributed by atoms with Crippen LogP contribution in [0.1, 0.15) is 46.4 Å². The molecule has 0 unspecified atom stereocenters. The fraction of sp³-hybridized carbons (Fsp3) is 0.345. The van der Waals surface area contributed by atoms with Gasteiger partial charge in [-0.15, -0.1) is 11.3 Å². The Kier molecular flexibility index (Phi) is 6.67. The van der Waals surface area contributed by atoms with Crippen molar-refractivity contribution in [2.75, 3.05) is 43.0 Å². The third-order valence-corrected chi connectivity index (χ3v) is 8.20. The number of rotatable bonds is 5. The van der Waals surface area contributed by atoms with Gasteiger partial charge in [0.05, 0.1) is 10.3 Å². The van der Waals surface area contributed by atoms with Gasteiger partial charge >= 0.3 is 0 Å². The largest absolute Gasteiger partial charge is 0.368 e. The molecule has 0 radical (unpaired) electrons. The van der Waals surface area contributed by atoms with Gasteiger partial charge in [-0.1, -0.05) is 44.2 Å². The Hall–Kier alpha value is -3.45. The molecule has 2 aromatic heterocycles. The van der Waals surface area contributed by atoms with Crippen molar-refractivity contribution in [3.8, 4) is 0 Å². The van der Waals surface area contributed by atoms with Crippen LogP contribution in [0.25, 0.3) is 10.2 Å². The van der Waals surface area contributed by atoms with E-state index in [2.05, 4.69) is 72.2 Å². The quantitative estimate of drug-likeness (QED) is 0.329.